The first-order valence-electron chi connectivity index (χ1n) is 9.70. The third kappa shape index (κ3) is 3.93. The molecular formula is C23H28FN4+. The minimum absolute atomic E-state index is 0.173. The van der Waals surface area contributed by atoms with Crippen LogP contribution in [0.2, 0.25) is 0 Å². The number of pyridine rings is 1. The molecule has 0 aliphatic carbocycles. The van der Waals surface area contributed by atoms with Crippen LogP contribution in [0.3, 0.4) is 0 Å². The van der Waals surface area contributed by atoms with Crippen molar-refractivity contribution in [2.75, 3.05) is 0 Å². The monoisotopic (exact) mass is 379 g/mol. The van der Waals surface area contributed by atoms with Gasteiger partial charge in [0.25, 0.3) is 0 Å². The number of rotatable bonds is 4. The van der Waals surface area contributed by atoms with Crippen molar-refractivity contribution < 1.29 is 8.96 Å². The molecule has 2 heterocycles. The third-order valence-corrected chi connectivity index (χ3v) is 4.79. The molecule has 4 nitrogen and oxygen atoms in total. The molecule has 0 fully saturated rings. The van der Waals surface area contributed by atoms with Crippen molar-refractivity contribution in [1.82, 2.24) is 15.0 Å². The average molecular weight is 380 g/mol. The number of hydrogen-bond donors (Lipinski definition) is 0. The lowest BCUT2D eigenvalue weighted by Crippen LogP contribution is -2.32. The molecule has 0 saturated heterocycles. The predicted octanol–water partition coefficient (Wildman–Crippen LogP) is 5.03. The summed E-state index contributed by atoms with van der Waals surface area (Å²) in [6, 6.07) is 7.57. The average Bonchev–Trinajstić information content (AvgIpc) is 2.62. The second-order valence-electron chi connectivity index (χ2n) is 8.04. The molecule has 0 aliphatic rings. The van der Waals surface area contributed by atoms with E-state index in [0.29, 0.717) is 17.1 Å². The first-order valence-corrected chi connectivity index (χ1v) is 9.70. The van der Waals surface area contributed by atoms with Crippen LogP contribution in [0, 0.1) is 19.7 Å². The van der Waals surface area contributed by atoms with Crippen LogP contribution in [0.5, 0.6) is 0 Å². The predicted molar refractivity (Wildman–Crippen MR) is 109 cm³/mol. The number of halogens is 1. The molecular weight excluding hydrogens is 351 g/mol. The summed E-state index contributed by atoms with van der Waals surface area (Å²) in [5.41, 5.74) is 4.31. The van der Waals surface area contributed by atoms with Gasteiger partial charge in [-0.3, -0.25) is 0 Å². The smallest absolute Gasteiger partial charge is 0.217 e. The zero-order valence-corrected chi connectivity index (χ0v) is 17.7. The molecule has 0 amide bonds. The number of hydrogen-bond acceptors (Lipinski definition) is 3. The van der Waals surface area contributed by atoms with Crippen LogP contribution < -0.4 is 4.57 Å². The van der Waals surface area contributed by atoms with E-state index in [4.69, 9.17) is 0 Å². The molecule has 0 radical (unpaired) electrons. The molecule has 28 heavy (non-hydrogen) atoms. The van der Waals surface area contributed by atoms with Crippen molar-refractivity contribution in [2.24, 2.45) is 7.05 Å². The van der Waals surface area contributed by atoms with E-state index < -0.39 is 0 Å². The molecule has 1 aromatic carbocycles. The zero-order valence-electron chi connectivity index (χ0n) is 17.7. The molecule has 0 saturated carbocycles. The molecule has 0 unspecified atom stereocenters. The summed E-state index contributed by atoms with van der Waals surface area (Å²) in [7, 11) is 1.86. The van der Waals surface area contributed by atoms with E-state index in [2.05, 4.69) is 21.0 Å². The summed E-state index contributed by atoms with van der Waals surface area (Å²) in [6.45, 7) is 12.2. The van der Waals surface area contributed by atoms with Gasteiger partial charge in [0.05, 0.1) is 11.1 Å². The minimum atomic E-state index is -0.287. The van der Waals surface area contributed by atoms with Crippen molar-refractivity contribution in [3.8, 4) is 22.6 Å². The number of aromatic nitrogens is 4. The topological polar surface area (TPSA) is 42.6 Å². The standard InChI is InChI=1S/C23H28FN4/c1-13(2)21-25-22(14(3)4)27-23(26-21)17-11-19(24)20(28(7)12-17)18-9-8-15(5)10-16(18)6/h8-14H,1-7H3/q+1. The lowest BCUT2D eigenvalue weighted by molar-refractivity contribution is -0.661. The van der Waals surface area contributed by atoms with Crippen molar-refractivity contribution in [2.45, 2.75) is 53.4 Å². The van der Waals surface area contributed by atoms with Gasteiger partial charge in [0.2, 0.25) is 5.69 Å². The van der Waals surface area contributed by atoms with E-state index in [9.17, 15) is 0 Å². The SMILES string of the molecule is Cc1ccc(-c2c(F)cc(-c3nc(C(C)C)nc(C(C)C)n3)c[n+]2C)c(C)c1. The third-order valence-electron chi connectivity index (χ3n) is 4.79. The minimum Gasteiger partial charge on any atom is -0.217 e. The molecule has 0 spiro atoms. The van der Waals surface area contributed by atoms with Gasteiger partial charge < -0.3 is 0 Å². The Morgan fingerprint density at radius 2 is 1.50 bits per heavy atom. The first-order chi connectivity index (χ1) is 13.2. The van der Waals surface area contributed by atoms with Crippen molar-refractivity contribution >= 4 is 0 Å². The van der Waals surface area contributed by atoms with Crippen LogP contribution in [0.15, 0.2) is 30.5 Å². The fourth-order valence-electron chi connectivity index (χ4n) is 3.26. The highest BCUT2D eigenvalue weighted by molar-refractivity contribution is 5.64. The Hall–Kier alpha value is -2.69. The summed E-state index contributed by atoms with van der Waals surface area (Å²) in [5.74, 6) is 2.04. The highest BCUT2D eigenvalue weighted by atomic mass is 19.1. The molecule has 146 valence electrons. The van der Waals surface area contributed by atoms with E-state index in [-0.39, 0.29) is 17.7 Å². The van der Waals surface area contributed by atoms with Crippen molar-refractivity contribution in [3.63, 3.8) is 0 Å². The van der Waals surface area contributed by atoms with Gasteiger partial charge in [-0.1, -0.05) is 45.4 Å². The lowest BCUT2D eigenvalue weighted by atomic mass is 10.0. The summed E-state index contributed by atoms with van der Waals surface area (Å²) in [6.07, 6.45) is 1.89. The maximum atomic E-state index is 15.2. The highest BCUT2D eigenvalue weighted by Gasteiger charge is 2.22. The van der Waals surface area contributed by atoms with E-state index in [1.807, 2.05) is 71.5 Å². The number of nitrogens with zero attached hydrogens (tertiary/aromatic N) is 4. The van der Waals surface area contributed by atoms with Crippen LogP contribution in [0.4, 0.5) is 4.39 Å². The Balaban J connectivity index is 2.15. The number of aryl methyl sites for hydroxylation is 3. The lowest BCUT2D eigenvalue weighted by Gasteiger charge is -2.12. The Labute approximate surface area is 166 Å². The Bertz CT molecular complexity index is 976. The van der Waals surface area contributed by atoms with Crippen molar-refractivity contribution in [1.29, 1.82) is 0 Å². The van der Waals surface area contributed by atoms with Gasteiger partial charge in [-0.05, 0) is 31.5 Å². The summed E-state index contributed by atoms with van der Waals surface area (Å²) < 4.78 is 17.0. The zero-order chi connectivity index (χ0) is 20.6. The van der Waals surface area contributed by atoms with Gasteiger partial charge in [0.15, 0.2) is 17.8 Å². The molecule has 0 atom stereocenters. The molecule has 2 aromatic heterocycles. The Morgan fingerprint density at radius 1 is 0.893 bits per heavy atom. The molecule has 3 rings (SSSR count). The summed E-state index contributed by atoms with van der Waals surface area (Å²) in [4.78, 5) is 13.8. The van der Waals surface area contributed by atoms with Gasteiger partial charge in [-0.25, -0.2) is 15.0 Å². The fourth-order valence-corrected chi connectivity index (χ4v) is 3.26. The van der Waals surface area contributed by atoms with Crippen molar-refractivity contribution in [3.05, 3.63) is 59.1 Å². The fraction of sp³-hybridized carbons (Fsp3) is 0.391. The van der Waals surface area contributed by atoms with E-state index in [1.54, 1.807) is 0 Å². The Morgan fingerprint density at radius 3 is 2.00 bits per heavy atom. The van der Waals surface area contributed by atoms with Crippen LogP contribution >= 0.6 is 0 Å². The van der Waals surface area contributed by atoms with E-state index in [1.165, 1.54) is 6.07 Å². The van der Waals surface area contributed by atoms with Gasteiger partial charge in [0, 0.05) is 11.8 Å². The molecule has 0 aliphatic heterocycles. The molecule has 0 bridgehead atoms. The van der Waals surface area contributed by atoms with Crippen LogP contribution in [0.25, 0.3) is 22.6 Å². The summed E-state index contributed by atoms with van der Waals surface area (Å²) >= 11 is 0. The largest absolute Gasteiger partial charge is 0.248 e. The first kappa shape index (κ1) is 20.1. The van der Waals surface area contributed by atoms with Gasteiger partial charge in [0.1, 0.15) is 18.7 Å². The normalized spacial score (nSPS) is 11.5. The molecule has 5 heteroatoms. The molecule has 3 aromatic rings. The quantitative estimate of drug-likeness (QED) is 0.597. The van der Waals surface area contributed by atoms with Gasteiger partial charge in [-0.2, -0.15) is 8.96 Å². The maximum Gasteiger partial charge on any atom is 0.248 e. The maximum absolute atomic E-state index is 15.2. The molecule has 0 N–H and O–H groups in total. The van der Waals surface area contributed by atoms with Crippen LogP contribution in [-0.4, -0.2) is 15.0 Å². The van der Waals surface area contributed by atoms with Gasteiger partial charge in [-0.15, -0.1) is 0 Å². The highest BCUT2D eigenvalue weighted by Crippen LogP contribution is 2.27. The Kier molecular flexibility index (Phi) is 5.54. The summed E-state index contributed by atoms with van der Waals surface area (Å²) in [5, 5.41) is 0. The van der Waals surface area contributed by atoms with Crippen LogP contribution in [0.1, 0.15) is 62.3 Å². The van der Waals surface area contributed by atoms with E-state index >= 15 is 4.39 Å². The van der Waals surface area contributed by atoms with Gasteiger partial charge >= 0.3 is 0 Å². The number of benzene rings is 1. The van der Waals surface area contributed by atoms with E-state index in [0.717, 1.165) is 28.3 Å². The second kappa shape index (κ2) is 7.74. The van der Waals surface area contributed by atoms with Crippen LogP contribution in [-0.2, 0) is 7.05 Å². The second-order valence-corrected chi connectivity index (χ2v) is 8.04.